The van der Waals surface area contributed by atoms with Gasteiger partial charge in [-0.1, -0.05) is 11.6 Å². The minimum Gasteiger partial charge on any atom is -0.434 e. The molecule has 108 valence electrons. The fourth-order valence-corrected chi connectivity index (χ4v) is 2.32. The number of likely N-dealkylation sites (tertiary alicyclic amines) is 1. The molecule has 2 N–H and O–H groups in total. The fraction of sp³-hybridized carbons (Fsp3) is 0.500. The van der Waals surface area contributed by atoms with Crippen LogP contribution in [0.3, 0.4) is 0 Å². The molecular weight excluding hydrogens is 297 g/mol. The van der Waals surface area contributed by atoms with Crippen LogP contribution in [0, 0.1) is 0 Å². The Labute approximate surface area is 122 Å². The molecule has 1 aliphatic rings. The third-order valence-electron chi connectivity index (χ3n) is 2.94. The zero-order valence-electron chi connectivity index (χ0n) is 10.2. The molecule has 0 spiro atoms. The molecule has 1 aromatic carbocycles. The largest absolute Gasteiger partial charge is 0.434 e. The van der Waals surface area contributed by atoms with E-state index in [9.17, 15) is 8.78 Å². The minimum absolute atomic E-state index is 0. The van der Waals surface area contributed by atoms with E-state index in [-0.39, 0.29) is 24.2 Å². The predicted octanol–water partition coefficient (Wildman–Crippen LogP) is 2.90. The summed E-state index contributed by atoms with van der Waals surface area (Å²) in [5.41, 5.74) is 6.47. The fourth-order valence-electron chi connectivity index (χ4n) is 2.13. The number of hydrogen-bond donors (Lipinski definition) is 1. The molecule has 0 aromatic heterocycles. The lowest BCUT2D eigenvalue weighted by atomic mass is 10.2. The lowest BCUT2D eigenvalue weighted by Gasteiger charge is -2.18. The summed E-state index contributed by atoms with van der Waals surface area (Å²) in [6.45, 7) is -0.676. The third-order valence-corrected chi connectivity index (χ3v) is 3.18. The van der Waals surface area contributed by atoms with Crippen LogP contribution >= 0.6 is 24.0 Å². The van der Waals surface area contributed by atoms with Crippen molar-refractivity contribution in [2.45, 2.75) is 25.6 Å². The van der Waals surface area contributed by atoms with Crippen molar-refractivity contribution in [3.63, 3.8) is 0 Å². The summed E-state index contributed by atoms with van der Waals surface area (Å²) in [7, 11) is 0. The molecule has 3 nitrogen and oxygen atoms in total. The lowest BCUT2D eigenvalue weighted by Crippen LogP contribution is -2.26. The van der Waals surface area contributed by atoms with Crippen molar-refractivity contribution < 1.29 is 13.5 Å². The zero-order chi connectivity index (χ0) is 13.1. The number of halogens is 4. The van der Waals surface area contributed by atoms with Crippen LogP contribution in [0.15, 0.2) is 18.2 Å². The first kappa shape index (κ1) is 16.4. The Morgan fingerprint density at radius 1 is 1.47 bits per heavy atom. The maximum Gasteiger partial charge on any atom is 0.387 e. The van der Waals surface area contributed by atoms with Crippen molar-refractivity contribution in [3.8, 4) is 5.75 Å². The van der Waals surface area contributed by atoms with Crippen molar-refractivity contribution in [3.05, 3.63) is 28.8 Å². The van der Waals surface area contributed by atoms with Gasteiger partial charge in [0.05, 0.1) is 0 Å². The molecule has 1 aromatic rings. The van der Waals surface area contributed by atoms with Crippen LogP contribution in [-0.4, -0.2) is 30.6 Å². The van der Waals surface area contributed by atoms with Crippen molar-refractivity contribution in [2.75, 3.05) is 13.1 Å². The molecule has 0 radical (unpaired) electrons. The first-order chi connectivity index (χ1) is 8.54. The van der Waals surface area contributed by atoms with Gasteiger partial charge in [0.15, 0.2) is 0 Å². The van der Waals surface area contributed by atoms with Crippen LogP contribution < -0.4 is 10.5 Å². The molecule has 2 rings (SSSR count). The van der Waals surface area contributed by atoms with E-state index < -0.39 is 6.61 Å². The van der Waals surface area contributed by atoms with E-state index in [1.54, 1.807) is 12.1 Å². The van der Waals surface area contributed by atoms with Gasteiger partial charge in [0.1, 0.15) is 5.75 Å². The molecule has 1 saturated heterocycles. The van der Waals surface area contributed by atoms with Crippen LogP contribution in [0.5, 0.6) is 5.75 Å². The summed E-state index contributed by atoms with van der Waals surface area (Å²) in [4.78, 5) is 2.11. The molecular formula is C12H16Cl2F2N2O. The molecule has 1 heterocycles. The Bertz CT molecular complexity index is 421. The number of alkyl halides is 2. The van der Waals surface area contributed by atoms with Crippen molar-refractivity contribution >= 4 is 24.0 Å². The summed E-state index contributed by atoms with van der Waals surface area (Å²) in [5.74, 6) is 0.176. The molecule has 1 atom stereocenters. The molecule has 0 aliphatic carbocycles. The maximum absolute atomic E-state index is 12.3. The van der Waals surface area contributed by atoms with E-state index in [1.807, 2.05) is 0 Å². The zero-order valence-corrected chi connectivity index (χ0v) is 11.8. The van der Waals surface area contributed by atoms with Crippen LogP contribution in [-0.2, 0) is 6.54 Å². The van der Waals surface area contributed by atoms with Gasteiger partial charge in [0, 0.05) is 36.3 Å². The quantitative estimate of drug-likeness (QED) is 0.929. The second-order valence-corrected chi connectivity index (χ2v) is 4.85. The lowest BCUT2D eigenvalue weighted by molar-refractivity contribution is -0.0507. The standard InChI is InChI=1S/C12H15ClF2N2O.ClH/c13-9-1-2-11(18-12(14)15)8(5-9)6-17-4-3-10(16)7-17;/h1-2,5,10,12H,3-4,6-7,16H2;1H. The van der Waals surface area contributed by atoms with E-state index in [1.165, 1.54) is 6.07 Å². The Balaban J connectivity index is 0.00000180. The highest BCUT2D eigenvalue weighted by atomic mass is 35.5. The Morgan fingerprint density at radius 3 is 2.79 bits per heavy atom. The molecule has 19 heavy (non-hydrogen) atoms. The van der Waals surface area contributed by atoms with Crippen LogP contribution in [0.1, 0.15) is 12.0 Å². The van der Waals surface area contributed by atoms with Crippen molar-refractivity contribution in [1.29, 1.82) is 0 Å². The monoisotopic (exact) mass is 312 g/mol. The second-order valence-electron chi connectivity index (χ2n) is 4.41. The number of hydrogen-bond acceptors (Lipinski definition) is 3. The summed E-state index contributed by atoms with van der Waals surface area (Å²) in [6.07, 6.45) is 0.922. The van der Waals surface area contributed by atoms with Crippen LogP contribution in [0.25, 0.3) is 0 Å². The number of nitrogens with zero attached hydrogens (tertiary/aromatic N) is 1. The van der Waals surface area contributed by atoms with Gasteiger partial charge in [-0.2, -0.15) is 8.78 Å². The van der Waals surface area contributed by atoms with E-state index in [0.717, 1.165) is 19.5 Å². The van der Waals surface area contributed by atoms with Gasteiger partial charge in [-0.15, -0.1) is 12.4 Å². The second kappa shape index (κ2) is 7.24. The first-order valence-corrected chi connectivity index (χ1v) is 6.13. The van der Waals surface area contributed by atoms with Crippen molar-refractivity contribution in [1.82, 2.24) is 4.90 Å². The summed E-state index contributed by atoms with van der Waals surface area (Å²) in [6, 6.07) is 4.82. The van der Waals surface area contributed by atoms with Crippen LogP contribution in [0.4, 0.5) is 8.78 Å². The average molecular weight is 313 g/mol. The molecule has 0 bridgehead atoms. The maximum atomic E-state index is 12.3. The van der Waals surface area contributed by atoms with Gasteiger partial charge < -0.3 is 10.5 Å². The van der Waals surface area contributed by atoms with Crippen LogP contribution in [0.2, 0.25) is 5.02 Å². The normalized spacial score (nSPS) is 19.5. The number of rotatable bonds is 4. The highest BCUT2D eigenvalue weighted by Crippen LogP contribution is 2.26. The van der Waals surface area contributed by atoms with Gasteiger partial charge in [-0.05, 0) is 24.6 Å². The number of ether oxygens (including phenoxy) is 1. The Morgan fingerprint density at radius 2 is 2.21 bits per heavy atom. The molecule has 1 fully saturated rings. The molecule has 0 amide bonds. The highest BCUT2D eigenvalue weighted by molar-refractivity contribution is 6.30. The number of benzene rings is 1. The third kappa shape index (κ3) is 4.76. The van der Waals surface area contributed by atoms with E-state index in [4.69, 9.17) is 17.3 Å². The SMILES string of the molecule is Cl.NC1CCN(Cc2cc(Cl)ccc2OC(F)F)C1. The molecule has 7 heteroatoms. The van der Waals surface area contributed by atoms with Gasteiger partial charge >= 0.3 is 6.61 Å². The summed E-state index contributed by atoms with van der Waals surface area (Å²) in [5, 5.41) is 0.509. The van der Waals surface area contributed by atoms with E-state index in [0.29, 0.717) is 17.1 Å². The van der Waals surface area contributed by atoms with Gasteiger partial charge in [-0.3, -0.25) is 4.90 Å². The molecule has 1 unspecified atom stereocenters. The summed E-state index contributed by atoms with van der Waals surface area (Å²) < 4.78 is 29.1. The van der Waals surface area contributed by atoms with E-state index in [2.05, 4.69) is 9.64 Å². The number of nitrogens with two attached hydrogens (primary N) is 1. The molecule has 0 saturated carbocycles. The minimum atomic E-state index is -2.83. The summed E-state index contributed by atoms with van der Waals surface area (Å²) >= 11 is 5.88. The van der Waals surface area contributed by atoms with Gasteiger partial charge in [0.2, 0.25) is 0 Å². The average Bonchev–Trinajstić information content (AvgIpc) is 2.67. The molecule has 1 aliphatic heterocycles. The topological polar surface area (TPSA) is 38.5 Å². The van der Waals surface area contributed by atoms with E-state index >= 15 is 0 Å². The Kier molecular flexibility index (Phi) is 6.26. The highest BCUT2D eigenvalue weighted by Gasteiger charge is 2.21. The van der Waals surface area contributed by atoms with Gasteiger partial charge in [0.25, 0.3) is 0 Å². The first-order valence-electron chi connectivity index (χ1n) is 5.76. The van der Waals surface area contributed by atoms with Crippen molar-refractivity contribution in [2.24, 2.45) is 5.73 Å². The predicted molar refractivity (Wildman–Crippen MR) is 73.2 cm³/mol. The smallest absolute Gasteiger partial charge is 0.387 e. The Hall–Kier alpha value is -0.620. The van der Waals surface area contributed by atoms with Gasteiger partial charge in [-0.25, -0.2) is 0 Å².